The molecule has 0 amide bonds. The average molecular weight is 286 g/mol. The van der Waals surface area contributed by atoms with Crippen molar-refractivity contribution < 1.29 is 4.74 Å². The number of fused-ring (bicyclic) bond motifs is 2. The van der Waals surface area contributed by atoms with Gasteiger partial charge >= 0.3 is 0 Å². The maximum atomic E-state index is 5.85. The maximum Gasteiger partial charge on any atom is 0.127 e. The van der Waals surface area contributed by atoms with Crippen LogP contribution in [-0.2, 0) is 19.3 Å². The van der Waals surface area contributed by atoms with Crippen LogP contribution in [0.1, 0.15) is 38.9 Å². The summed E-state index contributed by atoms with van der Waals surface area (Å²) in [6.45, 7) is 0.782. The second-order valence-electron chi connectivity index (χ2n) is 5.48. The highest BCUT2D eigenvalue weighted by Crippen LogP contribution is 2.40. The molecular formula is C16H18N2OS. The Morgan fingerprint density at radius 2 is 2.15 bits per heavy atom. The molecule has 0 saturated carbocycles. The topological polar surface area (TPSA) is 47.3 Å². The molecule has 0 fully saturated rings. The number of hydrogen-bond acceptors (Lipinski definition) is 4. The summed E-state index contributed by atoms with van der Waals surface area (Å²) in [6.07, 6.45) is 4.74. The Balaban J connectivity index is 1.76. The summed E-state index contributed by atoms with van der Waals surface area (Å²) in [6, 6.07) is 8.74. The van der Waals surface area contributed by atoms with E-state index in [0.29, 0.717) is 0 Å². The Kier molecular flexibility index (Phi) is 3.02. The number of thiophene rings is 1. The van der Waals surface area contributed by atoms with Gasteiger partial charge in [-0.2, -0.15) is 0 Å². The lowest BCUT2D eigenvalue weighted by Gasteiger charge is -2.18. The summed E-state index contributed by atoms with van der Waals surface area (Å²) in [5.41, 5.74) is 6.96. The molecule has 1 atom stereocenters. The third-order valence-electron chi connectivity index (χ3n) is 4.27. The van der Waals surface area contributed by atoms with Gasteiger partial charge in [-0.3, -0.25) is 5.84 Å². The van der Waals surface area contributed by atoms with Crippen molar-refractivity contribution in [2.45, 2.75) is 31.7 Å². The van der Waals surface area contributed by atoms with Crippen molar-refractivity contribution >= 4 is 11.3 Å². The van der Waals surface area contributed by atoms with E-state index in [1.54, 1.807) is 0 Å². The maximum absolute atomic E-state index is 5.85. The van der Waals surface area contributed by atoms with E-state index in [-0.39, 0.29) is 6.04 Å². The van der Waals surface area contributed by atoms with E-state index >= 15 is 0 Å². The van der Waals surface area contributed by atoms with Gasteiger partial charge < -0.3 is 4.74 Å². The van der Waals surface area contributed by atoms with E-state index in [4.69, 9.17) is 10.6 Å². The quantitative estimate of drug-likeness (QED) is 0.674. The predicted octanol–water partition coefficient (Wildman–Crippen LogP) is 2.72. The van der Waals surface area contributed by atoms with E-state index in [0.717, 1.165) is 18.8 Å². The standard InChI is InChI=1S/C16H18N2OS/c17-18-15(14-9-11-4-2-6-13(11)20-14)12-5-1-3-10-7-8-19-16(10)12/h1,3,5,9,15,18H,2,4,6-8,17H2. The number of rotatable bonds is 3. The molecule has 1 unspecified atom stereocenters. The van der Waals surface area contributed by atoms with Crippen molar-refractivity contribution in [2.24, 2.45) is 5.84 Å². The van der Waals surface area contributed by atoms with Crippen LogP contribution < -0.4 is 16.0 Å². The van der Waals surface area contributed by atoms with E-state index in [1.165, 1.54) is 45.7 Å². The number of hydrazine groups is 1. The normalized spacial score (nSPS) is 17.6. The molecule has 20 heavy (non-hydrogen) atoms. The van der Waals surface area contributed by atoms with Crippen molar-refractivity contribution in [3.05, 3.63) is 50.7 Å². The van der Waals surface area contributed by atoms with Crippen LogP contribution in [0.3, 0.4) is 0 Å². The summed E-state index contributed by atoms with van der Waals surface area (Å²) in [5, 5.41) is 0. The number of hydrogen-bond donors (Lipinski definition) is 2. The number of benzene rings is 1. The number of aryl methyl sites for hydroxylation is 2. The van der Waals surface area contributed by atoms with Crippen LogP contribution in [0.15, 0.2) is 24.3 Å². The molecule has 0 radical (unpaired) electrons. The Morgan fingerprint density at radius 3 is 3.00 bits per heavy atom. The van der Waals surface area contributed by atoms with Crippen LogP contribution in [0.5, 0.6) is 5.75 Å². The van der Waals surface area contributed by atoms with Crippen LogP contribution in [0.4, 0.5) is 0 Å². The molecule has 1 aliphatic heterocycles. The molecule has 3 nitrogen and oxygen atoms in total. The van der Waals surface area contributed by atoms with Crippen molar-refractivity contribution in [3.63, 3.8) is 0 Å². The summed E-state index contributed by atoms with van der Waals surface area (Å²) in [4.78, 5) is 2.84. The minimum atomic E-state index is 0.0404. The van der Waals surface area contributed by atoms with Gasteiger partial charge in [0.05, 0.1) is 12.6 Å². The van der Waals surface area contributed by atoms with Crippen LogP contribution in [-0.4, -0.2) is 6.61 Å². The van der Waals surface area contributed by atoms with Crippen molar-refractivity contribution in [1.82, 2.24) is 5.43 Å². The molecule has 1 aliphatic carbocycles. The van der Waals surface area contributed by atoms with Crippen molar-refractivity contribution in [3.8, 4) is 5.75 Å². The van der Waals surface area contributed by atoms with Gasteiger partial charge in [0, 0.05) is 21.7 Å². The Bertz CT molecular complexity index is 628. The minimum Gasteiger partial charge on any atom is -0.493 e. The first kappa shape index (κ1) is 12.4. The zero-order chi connectivity index (χ0) is 13.5. The highest BCUT2D eigenvalue weighted by molar-refractivity contribution is 7.12. The minimum absolute atomic E-state index is 0.0404. The summed E-state index contributed by atoms with van der Waals surface area (Å²) < 4.78 is 5.82. The second-order valence-corrected chi connectivity index (χ2v) is 6.65. The molecule has 2 heterocycles. The van der Waals surface area contributed by atoms with Gasteiger partial charge in [-0.25, -0.2) is 5.43 Å². The molecule has 0 bridgehead atoms. The summed E-state index contributed by atoms with van der Waals surface area (Å²) in [7, 11) is 0. The molecule has 0 spiro atoms. The van der Waals surface area contributed by atoms with Crippen LogP contribution >= 0.6 is 11.3 Å². The molecule has 4 rings (SSSR count). The lowest BCUT2D eigenvalue weighted by Crippen LogP contribution is -2.28. The van der Waals surface area contributed by atoms with Gasteiger partial charge in [0.2, 0.25) is 0 Å². The fourth-order valence-electron chi connectivity index (χ4n) is 3.29. The lowest BCUT2D eigenvalue weighted by atomic mass is 10.0. The zero-order valence-electron chi connectivity index (χ0n) is 11.3. The van der Waals surface area contributed by atoms with Crippen molar-refractivity contribution in [1.29, 1.82) is 0 Å². The Morgan fingerprint density at radius 1 is 1.20 bits per heavy atom. The first-order valence-corrected chi connectivity index (χ1v) is 8.00. The fourth-order valence-corrected chi connectivity index (χ4v) is 4.62. The zero-order valence-corrected chi connectivity index (χ0v) is 12.1. The molecule has 1 aromatic heterocycles. The predicted molar refractivity (Wildman–Crippen MR) is 81.2 cm³/mol. The fraction of sp³-hybridized carbons (Fsp3) is 0.375. The smallest absolute Gasteiger partial charge is 0.127 e. The molecule has 4 heteroatoms. The highest BCUT2D eigenvalue weighted by atomic mass is 32.1. The molecule has 0 saturated heterocycles. The molecule has 3 N–H and O–H groups in total. The van der Waals surface area contributed by atoms with Gasteiger partial charge in [0.1, 0.15) is 5.75 Å². The van der Waals surface area contributed by atoms with E-state index in [9.17, 15) is 0 Å². The number of nitrogens with two attached hydrogens (primary N) is 1. The molecule has 1 aromatic carbocycles. The highest BCUT2D eigenvalue weighted by Gasteiger charge is 2.25. The molecule has 2 aliphatic rings. The second kappa shape index (κ2) is 4.88. The van der Waals surface area contributed by atoms with Gasteiger partial charge in [0.25, 0.3) is 0 Å². The van der Waals surface area contributed by atoms with Crippen LogP contribution in [0, 0.1) is 0 Å². The monoisotopic (exact) mass is 286 g/mol. The van der Waals surface area contributed by atoms with Crippen molar-refractivity contribution in [2.75, 3.05) is 6.61 Å². The van der Waals surface area contributed by atoms with Gasteiger partial charge in [-0.05, 0) is 36.5 Å². The van der Waals surface area contributed by atoms with Gasteiger partial charge in [-0.1, -0.05) is 18.2 Å². The summed E-state index contributed by atoms with van der Waals surface area (Å²) >= 11 is 1.90. The van der Waals surface area contributed by atoms with E-state index < -0.39 is 0 Å². The van der Waals surface area contributed by atoms with Crippen LogP contribution in [0.2, 0.25) is 0 Å². The molecule has 2 aromatic rings. The third kappa shape index (κ3) is 1.87. The first-order valence-electron chi connectivity index (χ1n) is 7.19. The average Bonchev–Trinajstić information content (AvgIpc) is 3.14. The number of para-hydroxylation sites is 1. The Labute approximate surface area is 122 Å². The molecule has 104 valence electrons. The SMILES string of the molecule is NNC(c1cc2c(s1)CCC2)c1cccc2c1OCC2. The largest absolute Gasteiger partial charge is 0.493 e. The first-order chi connectivity index (χ1) is 9.86. The van der Waals surface area contributed by atoms with Gasteiger partial charge in [0.15, 0.2) is 0 Å². The summed E-state index contributed by atoms with van der Waals surface area (Å²) in [5.74, 6) is 6.88. The van der Waals surface area contributed by atoms with E-state index in [1.807, 2.05) is 11.3 Å². The molecular weight excluding hydrogens is 268 g/mol. The lowest BCUT2D eigenvalue weighted by molar-refractivity contribution is 0.350. The van der Waals surface area contributed by atoms with Gasteiger partial charge in [-0.15, -0.1) is 11.3 Å². The van der Waals surface area contributed by atoms with Crippen LogP contribution in [0.25, 0.3) is 0 Å². The third-order valence-corrected chi connectivity index (χ3v) is 5.57. The Hall–Kier alpha value is -1.36. The number of nitrogens with one attached hydrogen (secondary N) is 1. The van der Waals surface area contributed by atoms with E-state index in [2.05, 4.69) is 29.7 Å². The number of ether oxygens (including phenoxy) is 1.